The first kappa shape index (κ1) is 29.9. The molecule has 218 valence electrons. The lowest BCUT2D eigenvalue weighted by molar-refractivity contribution is -0.277. The second-order valence-corrected chi connectivity index (χ2v) is 11.0. The zero-order valence-corrected chi connectivity index (χ0v) is 23.3. The van der Waals surface area contributed by atoms with Crippen LogP contribution in [0.3, 0.4) is 0 Å². The average Bonchev–Trinajstić information content (AvgIpc) is 3.16. The van der Waals surface area contributed by atoms with Crippen LogP contribution in [0, 0.1) is 0 Å². The molecule has 13 heteroatoms. The largest absolute Gasteiger partial charge is 0.492 e. The summed E-state index contributed by atoms with van der Waals surface area (Å²) in [6.45, 7) is 0.751. The van der Waals surface area contributed by atoms with Gasteiger partial charge in [0.25, 0.3) is 0 Å². The third-order valence-electron chi connectivity index (χ3n) is 7.06. The van der Waals surface area contributed by atoms with Crippen molar-refractivity contribution in [1.29, 1.82) is 0 Å². The summed E-state index contributed by atoms with van der Waals surface area (Å²) in [6.07, 6.45) is -5.31. The number of carbonyl (C=O) groups is 1. The van der Waals surface area contributed by atoms with E-state index in [4.69, 9.17) is 18.9 Å². The Bertz CT molecular complexity index is 1370. The van der Waals surface area contributed by atoms with E-state index in [-0.39, 0.29) is 28.1 Å². The van der Waals surface area contributed by atoms with Gasteiger partial charge in [0, 0.05) is 18.7 Å². The number of benzene rings is 1. The van der Waals surface area contributed by atoms with E-state index in [0.717, 1.165) is 0 Å². The molecule has 2 aromatic rings. The average molecular weight is 580 g/mol. The molecule has 0 radical (unpaired) electrons. The molecule has 0 saturated carbocycles. The minimum Gasteiger partial charge on any atom is -0.492 e. The number of methoxy groups -OCH3 is 2. The SMILES string of the molecule is COc1c(O[C@@H]2O[C@H](CO)[C@@H](O)[C@H](O)[C@H]2O)cc2c(c1OC)-c1ccc(S(C)=O)c(=O)cc1[C@@H](NC(C)=O)CC2. The normalized spacial score (nSPS) is 26.5. The number of aliphatic hydroxyl groups excluding tert-OH is 4. The van der Waals surface area contributed by atoms with Gasteiger partial charge in [-0.25, -0.2) is 0 Å². The summed E-state index contributed by atoms with van der Waals surface area (Å²) in [5.74, 6) is 0.121. The molecule has 2 aromatic carbocycles. The number of aryl methyl sites for hydroxylation is 1. The van der Waals surface area contributed by atoms with Crippen molar-refractivity contribution >= 4 is 16.7 Å². The Balaban J connectivity index is 1.91. The van der Waals surface area contributed by atoms with Crippen LogP contribution in [-0.4, -0.2) is 88.3 Å². The van der Waals surface area contributed by atoms with Gasteiger partial charge in [0.05, 0.1) is 42.6 Å². The van der Waals surface area contributed by atoms with Gasteiger partial charge in [-0.3, -0.25) is 13.8 Å². The topological polar surface area (TPSA) is 181 Å². The molecule has 12 nitrogen and oxygen atoms in total. The Labute approximate surface area is 232 Å². The number of ether oxygens (including phenoxy) is 4. The van der Waals surface area contributed by atoms with Crippen LogP contribution in [0.1, 0.15) is 30.5 Å². The molecule has 1 aliphatic carbocycles. The number of rotatable bonds is 7. The lowest BCUT2D eigenvalue weighted by atomic mass is 9.95. The maximum Gasteiger partial charge on any atom is 0.229 e. The zero-order valence-electron chi connectivity index (χ0n) is 22.4. The van der Waals surface area contributed by atoms with Crippen molar-refractivity contribution in [2.24, 2.45) is 0 Å². The molecule has 4 rings (SSSR count). The molecule has 1 saturated heterocycles. The summed E-state index contributed by atoms with van der Waals surface area (Å²) in [6, 6.07) is 5.62. The molecule has 0 spiro atoms. The van der Waals surface area contributed by atoms with Gasteiger partial charge in [0.1, 0.15) is 24.4 Å². The monoisotopic (exact) mass is 579 g/mol. The first-order valence-corrected chi connectivity index (χ1v) is 14.1. The maximum atomic E-state index is 13.0. The van der Waals surface area contributed by atoms with E-state index in [1.54, 1.807) is 12.1 Å². The molecule has 40 heavy (non-hydrogen) atoms. The maximum absolute atomic E-state index is 13.0. The highest BCUT2D eigenvalue weighted by molar-refractivity contribution is 7.84. The first-order valence-electron chi connectivity index (χ1n) is 12.6. The molecule has 5 N–H and O–H groups in total. The summed E-state index contributed by atoms with van der Waals surface area (Å²) in [4.78, 5) is 25.2. The van der Waals surface area contributed by atoms with E-state index in [2.05, 4.69) is 5.32 Å². The van der Waals surface area contributed by atoms with Gasteiger partial charge < -0.3 is 44.7 Å². The van der Waals surface area contributed by atoms with Crippen LogP contribution in [0.5, 0.6) is 17.2 Å². The van der Waals surface area contributed by atoms with Crippen molar-refractivity contribution in [2.45, 2.75) is 61.4 Å². The van der Waals surface area contributed by atoms with Gasteiger partial charge in [-0.05, 0) is 47.7 Å². The van der Waals surface area contributed by atoms with Crippen LogP contribution in [0.15, 0.2) is 34.0 Å². The fraction of sp³-hybridized carbons (Fsp3) is 0.481. The third-order valence-corrected chi connectivity index (χ3v) is 8.02. The van der Waals surface area contributed by atoms with Crippen LogP contribution in [0.2, 0.25) is 0 Å². The molecule has 1 fully saturated rings. The molecule has 1 heterocycles. The predicted molar refractivity (Wildman–Crippen MR) is 143 cm³/mol. The second kappa shape index (κ2) is 12.2. The van der Waals surface area contributed by atoms with Crippen molar-refractivity contribution in [1.82, 2.24) is 5.32 Å². The Morgan fingerprint density at radius 2 is 1.80 bits per heavy atom. The standard InChI is InChI=1S/C27H33NO11S/c1-12(30)28-16-7-5-13-9-18(38-27-24(34)23(33)22(32)19(11-29)39-27)25(36-2)26(37-3)21(13)14-6-8-20(40(4)35)17(31)10-15(14)16/h6,8-10,16,19,22-24,27,29,32-34H,5,7,11H2,1-4H3,(H,28,30)/t16-,19+,22+,23-,24+,27+,40?/m0/s1. The summed E-state index contributed by atoms with van der Waals surface area (Å²) in [7, 11) is 1.23. The van der Waals surface area contributed by atoms with E-state index in [1.165, 1.54) is 39.5 Å². The van der Waals surface area contributed by atoms with Crippen LogP contribution < -0.4 is 25.0 Å². The molecule has 0 bridgehead atoms. The second-order valence-electron chi connectivity index (χ2n) is 9.61. The van der Waals surface area contributed by atoms with Gasteiger partial charge in [0.15, 0.2) is 16.9 Å². The van der Waals surface area contributed by atoms with Crippen LogP contribution in [0.4, 0.5) is 0 Å². The molecule has 1 unspecified atom stereocenters. The van der Waals surface area contributed by atoms with Crippen molar-refractivity contribution in [3.05, 3.63) is 45.6 Å². The van der Waals surface area contributed by atoms with Gasteiger partial charge in [-0.1, -0.05) is 6.07 Å². The number of amides is 1. The van der Waals surface area contributed by atoms with Crippen molar-refractivity contribution in [3.63, 3.8) is 0 Å². The molecule has 1 amide bonds. The Kier molecular flexibility index (Phi) is 9.12. The van der Waals surface area contributed by atoms with E-state index >= 15 is 0 Å². The van der Waals surface area contributed by atoms with Gasteiger partial charge in [-0.2, -0.15) is 0 Å². The third kappa shape index (κ3) is 5.57. The zero-order chi connectivity index (χ0) is 29.3. The van der Waals surface area contributed by atoms with E-state index in [0.29, 0.717) is 35.1 Å². The molecule has 1 aliphatic heterocycles. The number of fused-ring (bicyclic) bond motifs is 3. The predicted octanol–water partition coefficient (Wildman–Crippen LogP) is -0.229. The minimum absolute atomic E-state index is 0.0853. The molecule has 7 atom stereocenters. The first-order chi connectivity index (χ1) is 19.0. The van der Waals surface area contributed by atoms with Crippen LogP contribution in [0.25, 0.3) is 11.1 Å². The number of nitrogens with one attached hydrogen (secondary N) is 1. The highest BCUT2D eigenvalue weighted by atomic mass is 32.2. The summed E-state index contributed by atoms with van der Waals surface area (Å²) in [5.41, 5.74) is 1.87. The van der Waals surface area contributed by atoms with Crippen molar-refractivity contribution < 1.29 is 48.4 Å². The molecular weight excluding hydrogens is 546 g/mol. The lowest BCUT2D eigenvalue weighted by Gasteiger charge is -2.39. The summed E-state index contributed by atoms with van der Waals surface area (Å²) >= 11 is 0. The Morgan fingerprint density at radius 3 is 2.40 bits per heavy atom. The van der Waals surface area contributed by atoms with E-state index < -0.39 is 59.6 Å². The quantitative estimate of drug-likeness (QED) is 0.292. The van der Waals surface area contributed by atoms with Crippen molar-refractivity contribution in [2.75, 3.05) is 27.1 Å². The minimum atomic E-state index is -1.65. The number of carbonyl (C=O) groups excluding carboxylic acids is 1. The smallest absolute Gasteiger partial charge is 0.229 e. The Hall–Kier alpha value is -3.07. The van der Waals surface area contributed by atoms with Gasteiger partial charge >= 0.3 is 0 Å². The number of aliphatic hydroxyl groups is 4. The highest BCUT2D eigenvalue weighted by Gasteiger charge is 2.45. The van der Waals surface area contributed by atoms with Crippen LogP contribution in [-0.2, 0) is 26.8 Å². The summed E-state index contributed by atoms with van der Waals surface area (Å²) in [5, 5.41) is 43.3. The van der Waals surface area contributed by atoms with Gasteiger partial charge in [0.2, 0.25) is 17.9 Å². The van der Waals surface area contributed by atoms with Crippen LogP contribution >= 0.6 is 0 Å². The highest BCUT2D eigenvalue weighted by Crippen LogP contribution is 2.50. The van der Waals surface area contributed by atoms with E-state index in [9.17, 15) is 34.2 Å². The van der Waals surface area contributed by atoms with Crippen molar-refractivity contribution in [3.8, 4) is 28.4 Å². The molecular formula is C27H33NO11S. The van der Waals surface area contributed by atoms with Gasteiger partial charge in [-0.15, -0.1) is 0 Å². The number of hydrogen-bond acceptors (Lipinski definition) is 11. The molecule has 2 aliphatic rings. The summed E-state index contributed by atoms with van der Waals surface area (Å²) < 4.78 is 35.1. The fourth-order valence-corrected chi connectivity index (χ4v) is 5.76. The fourth-order valence-electron chi connectivity index (χ4n) is 5.16. The number of hydrogen-bond donors (Lipinski definition) is 5. The lowest BCUT2D eigenvalue weighted by Crippen LogP contribution is -2.60. The molecule has 0 aromatic heterocycles. The Morgan fingerprint density at radius 1 is 1.10 bits per heavy atom. The van der Waals surface area contributed by atoms with E-state index in [1.807, 2.05) is 0 Å².